The van der Waals surface area contributed by atoms with Gasteiger partial charge in [-0.05, 0) is 32.9 Å². The van der Waals surface area contributed by atoms with Crippen LogP contribution in [0.25, 0.3) is 0 Å². The van der Waals surface area contributed by atoms with Crippen LogP contribution in [0.4, 0.5) is 5.69 Å². The fourth-order valence-electron chi connectivity index (χ4n) is 2.46. The zero-order chi connectivity index (χ0) is 17.0. The van der Waals surface area contributed by atoms with Gasteiger partial charge in [-0.25, -0.2) is 0 Å². The molecule has 6 heteroatoms. The maximum Gasteiger partial charge on any atom is 0.311 e. The first kappa shape index (κ1) is 17.0. The zero-order valence-corrected chi connectivity index (χ0v) is 13.7. The predicted molar refractivity (Wildman–Crippen MR) is 85.9 cm³/mol. The highest BCUT2D eigenvalue weighted by Crippen LogP contribution is 2.26. The number of aryl methyl sites for hydroxylation is 1. The maximum atomic E-state index is 12.1. The lowest BCUT2D eigenvalue weighted by atomic mass is 10.1. The van der Waals surface area contributed by atoms with Crippen LogP contribution in [0.5, 0.6) is 0 Å². The minimum absolute atomic E-state index is 0.00807. The normalized spacial score (nSPS) is 17.5. The van der Waals surface area contributed by atoms with Crippen molar-refractivity contribution >= 4 is 23.5 Å². The molecule has 1 aliphatic rings. The van der Waals surface area contributed by atoms with E-state index in [2.05, 4.69) is 5.32 Å². The molecule has 0 bridgehead atoms. The van der Waals surface area contributed by atoms with Crippen LogP contribution in [0, 0.1) is 12.8 Å². The van der Waals surface area contributed by atoms with Crippen LogP contribution >= 0.6 is 0 Å². The Hall–Kier alpha value is -2.37. The zero-order valence-electron chi connectivity index (χ0n) is 13.7. The van der Waals surface area contributed by atoms with Gasteiger partial charge in [0.05, 0.1) is 5.92 Å². The van der Waals surface area contributed by atoms with E-state index in [0.29, 0.717) is 0 Å². The number of rotatable bonds is 5. The van der Waals surface area contributed by atoms with Crippen LogP contribution in [-0.2, 0) is 19.1 Å². The first-order valence-electron chi connectivity index (χ1n) is 7.70. The molecule has 2 amide bonds. The fourth-order valence-corrected chi connectivity index (χ4v) is 2.46. The van der Waals surface area contributed by atoms with Crippen molar-refractivity contribution in [1.29, 1.82) is 0 Å². The molecule has 124 valence electrons. The maximum absolute atomic E-state index is 12.1. The third kappa shape index (κ3) is 4.55. The lowest BCUT2D eigenvalue weighted by molar-refractivity contribution is -0.152. The lowest BCUT2D eigenvalue weighted by Gasteiger charge is -2.16. The van der Waals surface area contributed by atoms with E-state index < -0.39 is 11.9 Å². The standard InChI is InChI=1S/C17H22N2O4/c1-11(2)18-15(20)10-23-17(22)13-8-16(21)19(9-13)14-6-4-12(3)5-7-14/h4-7,11,13H,8-10H2,1-3H3,(H,18,20)/t13-/m0/s1. The van der Waals surface area contributed by atoms with Crippen molar-refractivity contribution in [2.45, 2.75) is 33.2 Å². The smallest absolute Gasteiger partial charge is 0.311 e. The monoisotopic (exact) mass is 318 g/mol. The number of carbonyl (C=O) groups excluding carboxylic acids is 3. The van der Waals surface area contributed by atoms with Crippen LogP contribution in [-0.4, -0.2) is 37.0 Å². The molecule has 0 unspecified atom stereocenters. The summed E-state index contributed by atoms with van der Waals surface area (Å²) in [5, 5.41) is 2.64. The SMILES string of the molecule is Cc1ccc(N2C[C@@H](C(=O)OCC(=O)NC(C)C)CC2=O)cc1. The number of amides is 2. The number of hydrogen-bond donors (Lipinski definition) is 1. The average Bonchev–Trinajstić information content (AvgIpc) is 2.87. The van der Waals surface area contributed by atoms with Crippen molar-refractivity contribution in [2.75, 3.05) is 18.1 Å². The van der Waals surface area contributed by atoms with Gasteiger partial charge >= 0.3 is 5.97 Å². The summed E-state index contributed by atoms with van der Waals surface area (Å²) >= 11 is 0. The molecule has 6 nitrogen and oxygen atoms in total. The highest BCUT2D eigenvalue weighted by atomic mass is 16.5. The van der Waals surface area contributed by atoms with Gasteiger partial charge < -0.3 is 15.0 Å². The van der Waals surface area contributed by atoms with Gasteiger partial charge in [-0.3, -0.25) is 14.4 Å². The van der Waals surface area contributed by atoms with Crippen molar-refractivity contribution in [3.8, 4) is 0 Å². The summed E-state index contributed by atoms with van der Waals surface area (Å²) in [4.78, 5) is 37.2. The first-order valence-corrected chi connectivity index (χ1v) is 7.70. The second-order valence-electron chi connectivity index (χ2n) is 6.07. The number of ether oxygens (including phenoxy) is 1. The minimum Gasteiger partial charge on any atom is -0.455 e. The Bertz CT molecular complexity index is 595. The van der Waals surface area contributed by atoms with E-state index in [1.807, 2.05) is 45.0 Å². The molecule has 1 heterocycles. The van der Waals surface area contributed by atoms with E-state index in [4.69, 9.17) is 4.74 Å². The molecule has 0 radical (unpaired) electrons. The molecule has 1 aromatic rings. The molecule has 0 aromatic heterocycles. The summed E-state index contributed by atoms with van der Waals surface area (Å²) in [6.07, 6.45) is 0.110. The van der Waals surface area contributed by atoms with Gasteiger partial charge in [0, 0.05) is 24.7 Å². The minimum atomic E-state index is -0.532. The highest BCUT2D eigenvalue weighted by Gasteiger charge is 2.36. The topological polar surface area (TPSA) is 75.7 Å². The Balaban J connectivity index is 1.90. The van der Waals surface area contributed by atoms with Crippen molar-refractivity contribution < 1.29 is 19.1 Å². The Morgan fingerprint density at radius 3 is 2.57 bits per heavy atom. The molecule has 1 atom stereocenters. The van der Waals surface area contributed by atoms with Crippen LogP contribution in [0.3, 0.4) is 0 Å². The van der Waals surface area contributed by atoms with Crippen LogP contribution in [0.15, 0.2) is 24.3 Å². The quantitative estimate of drug-likeness (QED) is 0.833. The molecule has 23 heavy (non-hydrogen) atoms. The van der Waals surface area contributed by atoms with E-state index in [1.54, 1.807) is 4.90 Å². The number of benzene rings is 1. The second-order valence-corrected chi connectivity index (χ2v) is 6.07. The molecule has 1 aliphatic heterocycles. The highest BCUT2D eigenvalue weighted by molar-refractivity contribution is 5.99. The summed E-state index contributed by atoms with van der Waals surface area (Å²) in [7, 11) is 0. The van der Waals surface area contributed by atoms with Gasteiger partial charge in [-0.15, -0.1) is 0 Å². The third-order valence-corrected chi connectivity index (χ3v) is 3.60. The summed E-state index contributed by atoms with van der Waals surface area (Å²) in [6.45, 7) is 5.60. The number of esters is 1. The Kier molecular flexibility index (Phi) is 5.36. The molecule has 1 aromatic carbocycles. The first-order chi connectivity index (χ1) is 10.9. The summed E-state index contributed by atoms with van der Waals surface area (Å²) in [5.41, 5.74) is 1.88. The van der Waals surface area contributed by atoms with Crippen LogP contribution in [0.2, 0.25) is 0 Å². The number of anilines is 1. The summed E-state index contributed by atoms with van der Waals surface area (Å²) in [5.74, 6) is -1.49. The van der Waals surface area contributed by atoms with Gasteiger partial charge in [-0.1, -0.05) is 17.7 Å². The molecule has 0 spiro atoms. The molecular weight excluding hydrogens is 296 g/mol. The van der Waals surface area contributed by atoms with Gasteiger partial charge in [-0.2, -0.15) is 0 Å². The molecule has 0 saturated carbocycles. The van der Waals surface area contributed by atoms with E-state index in [9.17, 15) is 14.4 Å². The molecular formula is C17H22N2O4. The molecule has 0 aliphatic carbocycles. The van der Waals surface area contributed by atoms with Crippen LogP contribution < -0.4 is 10.2 Å². The average molecular weight is 318 g/mol. The third-order valence-electron chi connectivity index (χ3n) is 3.60. The Morgan fingerprint density at radius 2 is 1.96 bits per heavy atom. The van der Waals surface area contributed by atoms with E-state index in [0.717, 1.165) is 11.3 Å². The van der Waals surface area contributed by atoms with Gasteiger partial charge in [0.25, 0.3) is 5.91 Å². The van der Waals surface area contributed by atoms with Crippen LogP contribution in [0.1, 0.15) is 25.8 Å². The van der Waals surface area contributed by atoms with E-state index in [1.165, 1.54) is 0 Å². The van der Waals surface area contributed by atoms with Crippen molar-refractivity contribution in [3.05, 3.63) is 29.8 Å². The lowest BCUT2D eigenvalue weighted by Crippen LogP contribution is -2.35. The molecule has 2 rings (SSSR count). The van der Waals surface area contributed by atoms with Crippen molar-refractivity contribution in [1.82, 2.24) is 5.32 Å². The molecule has 1 N–H and O–H groups in total. The number of hydrogen-bond acceptors (Lipinski definition) is 4. The Labute approximate surface area is 135 Å². The van der Waals surface area contributed by atoms with Gasteiger partial charge in [0.15, 0.2) is 6.61 Å². The van der Waals surface area contributed by atoms with Gasteiger partial charge in [0.1, 0.15) is 0 Å². The number of carbonyl (C=O) groups is 3. The summed E-state index contributed by atoms with van der Waals surface area (Å²) < 4.78 is 5.01. The molecule has 1 fully saturated rings. The van der Waals surface area contributed by atoms with Crippen molar-refractivity contribution in [2.24, 2.45) is 5.92 Å². The largest absolute Gasteiger partial charge is 0.455 e. The van der Waals surface area contributed by atoms with Gasteiger partial charge in [0.2, 0.25) is 5.91 Å². The predicted octanol–water partition coefficient (Wildman–Crippen LogP) is 1.42. The Morgan fingerprint density at radius 1 is 1.30 bits per heavy atom. The molecule has 1 saturated heterocycles. The van der Waals surface area contributed by atoms with E-state index >= 15 is 0 Å². The second kappa shape index (κ2) is 7.26. The van der Waals surface area contributed by atoms with Crippen molar-refractivity contribution in [3.63, 3.8) is 0 Å². The summed E-state index contributed by atoms with van der Waals surface area (Å²) in [6, 6.07) is 7.55. The fraction of sp³-hybridized carbons (Fsp3) is 0.471. The number of nitrogens with one attached hydrogen (secondary N) is 1. The number of nitrogens with zero attached hydrogens (tertiary/aromatic N) is 1. The van der Waals surface area contributed by atoms with E-state index in [-0.39, 0.29) is 37.4 Å².